The van der Waals surface area contributed by atoms with Crippen molar-refractivity contribution in [2.75, 3.05) is 4.90 Å². The van der Waals surface area contributed by atoms with Gasteiger partial charge in [-0.05, 0) is 102 Å². The zero-order valence-corrected chi connectivity index (χ0v) is 30.7. The maximum atomic E-state index is 9.62. The van der Waals surface area contributed by atoms with Gasteiger partial charge in [0.25, 0.3) is 0 Å². The molecule has 0 aromatic heterocycles. The molecule has 0 aliphatic heterocycles. The van der Waals surface area contributed by atoms with Crippen molar-refractivity contribution < 1.29 is 9.60 Å². The molecule has 0 N–H and O–H groups in total. The van der Waals surface area contributed by atoms with Crippen LogP contribution in [0, 0.1) is 5.41 Å². The van der Waals surface area contributed by atoms with Gasteiger partial charge in [0.15, 0.2) is 0 Å². The molecule has 2 aliphatic carbocycles. The lowest BCUT2D eigenvalue weighted by atomic mass is 9.59. The summed E-state index contributed by atoms with van der Waals surface area (Å²) in [6.45, 7) is 18.2. The molecule has 0 heterocycles. The van der Waals surface area contributed by atoms with E-state index in [0.29, 0.717) is 5.56 Å². The summed E-state index contributed by atoms with van der Waals surface area (Å²) in [5.41, 5.74) is 9.22. The Hall–Kier alpha value is -5.14. The molecule has 0 spiro atoms. The van der Waals surface area contributed by atoms with Crippen molar-refractivity contribution in [3.05, 3.63) is 162 Å². The molecule has 0 radical (unpaired) electrons. The van der Waals surface area contributed by atoms with E-state index in [0.717, 1.165) is 39.0 Å². The van der Waals surface area contributed by atoms with E-state index < -0.39 is 12.1 Å². The van der Waals surface area contributed by atoms with Gasteiger partial charge in [-0.25, -0.2) is 0 Å². The summed E-state index contributed by atoms with van der Waals surface area (Å²) in [7, 11) is 0. The van der Waals surface area contributed by atoms with Crippen LogP contribution in [-0.2, 0) is 16.2 Å². The van der Waals surface area contributed by atoms with Crippen molar-refractivity contribution >= 4 is 38.6 Å². The van der Waals surface area contributed by atoms with Gasteiger partial charge in [0, 0.05) is 22.1 Å². The van der Waals surface area contributed by atoms with E-state index in [9.17, 15) is 2.74 Å². The first-order chi connectivity index (χ1) is 27.2. The van der Waals surface area contributed by atoms with E-state index in [1.807, 2.05) is 12.1 Å². The number of fused-ring (bicyclic) bond motifs is 6. The third-order valence-corrected chi connectivity index (χ3v) is 13.3. The van der Waals surface area contributed by atoms with Gasteiger partial charge in [-0.15, -0.1) is 0 Å². The van der Waals surface area contributed by atoms with Crippen molar-refractivity contribution in [1.29, 1.82) is 0 Å². The first kappa shape index (κ1) is 24.9. The Labute approximate surface area is 313 Å². The Balaban J connectivity index is 1.48. The minimum absolute atomic E-state index is 0.0536. The molecule has 0 saturated carbocycles. The van der Waals surface area contributed by atoms with Gasteiger partial charge in [-0.1, -0.05) is 164 Å². The summed E-state index contributed by atoms with van der Waals surface area (Å²) < 4.78 is 63.4. The SMILES string of the molecule is [2H]c1c([2H])c([2H])c2c(-c3cc4c(cc3N(c3ccc5c(c3)C(C)(C)c3ccccc3-5)c3cccc5ccccc35)C(C)(C)C(C)(C)C4(C)C)c([2H])c([2H])c([2H])c2c1[2H]. The summed E-state index contributed by atoms with van der Waals surface area (Å²) in [4.78, 5) is 2.25. The van der Waals surface area contributed by atoms with Gasteiger partial charge in [0.2, 0.25) is 0 Å². The van der Waals surface area contributed by atoms with Crippen LogP contribution >= 0.6 is 0 Å². The second kappa shape index (κ2) is 10.7. The molecule has 9 rings (SSSR count). The number of benzene rings is 7. The zero-order chi connectivity index (χ0) is 41.6. The highest BCUT2D eigenvalue weighted by Gasteiger charge is 2.57. The highest BCUT2D eigenvalue weighted by molar-refractivity contribution is 6.05. The highest BCUT2D eigenvalue weighted by Crippen LogP contribution is 2.63. The Morgan fingerprint density at radius 2 is 1.12 bits per heavy atom. The lowest BCUT2D eigenvalue weighted by Crippen LogP contribution is -2.42. The number of rotatable bonds is 4. The second-order valence-electron chi connectivity index (χ2n) is 16.5. The van der Waals surface area contributed by atoms with Crippen LogP contribution in [0.5, 0.6) is 0 Å². The van der Waals surface area contributed by atoms with E-state index >= 15 is 0 Å². The predicted molar refractivity (Wildman–Crippen MR) is 219 cm³/mol. The standard InChI is InChI=1S/C50H47N/c1-47(2)41-25-14-13-23-38(41)39-28-27-34(29-42(39)47)51(45-26-16-20-33-18-10-12-22-36(33)45)46-31-44-43(48(3,4)50(7,8)49(44,5)6)30-40(46)37-24-15-19-32-17-9-11-21-35(32)37/h9-31H,1-8H3/i9D,11D,15D,17D,19D,21D,24D. The fourth-order valence-corrected chi connectivity index (χ4v) is 9.12. The third kappa shape index (κ3) is 4.27. The number of hydrogen-bond donors (Lipinski definition) is 0. The molecule has 0 bridgehead atoms. The van der Waals surface area contributed by atoms with Crippen molar-refractivity contribution in [1.82, 2.24) is 0 Å². The number of anilines is 3. The summed E-state index contributed by atoms with van der Waals surface area (Å²) in [6.07, 6.45) is 0. The van der Waals surface area contributed by atoms with Gasteiger partial charge in [0.05, 0.1) is 21.0 Å². The van der Waals surface area contributed by atoms with Crippen LogP contribution < -0.4 is 4.90 Å². The van der Waals surface area contributed by atoms with Crippen LogP contribution in [-0.4, -0.2) is 0 Å². The van der Waals surface area contributed by atoms with Crippen molar-refractivity contribution in [2.45, 2.75) is 71.6 Å². The van der Waals surface area contributed by atoms with Crippen molar-refractivity contribution in [2.24, 2.45) is 5.41 Å². The average Bonchev–Trinajstić information content (AvgIpc) is 3.48. The molecule has 252 valence electrons. The smallest absolute Gasteiger partial charge is 0.0629 e. The molecule has 1 nitrogen and oxygen atoms in total. The number of nitrogens with zero attached hydrogens (tertiary/aromatic N) is 1. The molecular formula is C50H47N. The van der Waals surface area contributed by atoms with Gasteiger partial charge in [-0.2, -0.15) is 0 Å². The Kier molecular flexibility index (Phi) is 5.22. The van der Waals surface area contributed by atoms with Gasteiger partial charge in [-0.3, -0.25) is 0 Å². The van der Waals surface area contributed by atoms with E-state index in [1.165, 1.54) is 22.3 Å². The summed E-state index contributed by atoms with van der Waals surface area (Å²) in [6, 6.07) is 31.5. The van der Waals surface area contributed by atoms with Crippen molar-refractivity contribution in [3.63, 3.8) is 0 Å². The molecule has 0 atom stereocenters. The molecule has 0 amide bonds. The van der Waals surface area contributed by atoms with E-state index in [4.69, 9.17) is 6.85 Å². The Bertz CT molecular complexity index is 2930. The highest BCUT2D eigenvalue weighted by atomic mass is 15.1. The Morgan fingerprint density at radius 3 is 1.94 bits per heavy atom. The minimum Gasteiger partial charge on any atom is -0.309 e. The van der Waals surface area contributed by atoms with Crippen LogP contribution in [0.2, 0.25) is 0 Å². The first-order valence-electron chi connectivity index (χ1n) is 21.5. The average molecular weight is 669 g/mol. The summed E-state index contributed by atoms with van der Waals surface area (Å²) in [5, 5.41) is 2.09. The molecule has 51 heavy (non-hydrogen) atoms. The Morgan fingerprint density at radius 1 is 0.451 bits per heavy atom. The third-order valence-electron chi connectivity index (χ3n) is 13.3. The molecule has 0 unspecified atom stereocenters. The molecule has 7 aromatic carbocycles. The molecule has 0 fully saturated rings. The fraction of sp³-hybridized carbons (Fsp3) is 0.240. The summed E-state index contributed by atoms with van der Waals surface area (Å²) in [5.74, 6) is 0. The van der Waals surface area contributed by atoms with E-state index in [1.54, 1.807) is 0 Å². The van der Waals surface area contributed by atoms with Gasteiger partial charge in [0.1, 0.15) is 0 Å². The van der Waals surface area contributed by atoms with Gasteiger partial charge < -0.3 is 4.90 Å². The zero-order valence-electron chi connectivity index (χ0n) is 37.7. The lowest BCUT2D eigenvalue weighted by Gasteiger charge is -2.44. The monoisotopic (exact) mass is 668 g/mol. The lowest BCUT2D eigenvalue weighted by molar-refractivity contribution is 0.125. The normalized spacial score (nSPS) is 19.2. The quantitative estimate of drug-likeness (QED) is 0.180. The van der Waals surface area contributed by atoms with Crippen molar-refractivity contribution in [3.8, 4) is 22.3 Å². The van der Waals surface area contributed by atoms with E-state index in [-0.39, 0.29) is 68.2 Å². The first-order valence-corrected chi connectivity index (χ1v) is 18.0. The molecular weight excluding hydrogens is 615 g/mol. The molecule has 2 aliphatic rings. The van der Waals surface area contributed by atoms with Crippen LogP contribution in [0.4, 0.5) is 17.1 Å². The minimum atomic E-state index is -0.466. The second-order valence-corrected chi connectivity index (χ2v) is 16.5. The van der Waals surface area contributed by atoms with E-state index in [2.05, 4.69) is 145 Å². The largest absolute Gasteiger partial charge is 0.309 e. The van der Waals surface area contributed by atoms with Crippen LogP contribution in [0.3, 0.4) is 0 Å². The fourth-order valence-electron chi connectivity index (χ4n) is 9.12. The number of hydrogen-bond acceptors (Lipinski definition) is 1. The van der Waals surface area contributed by atoms with Crippen LogP contribution in [0.25, 0.3) is 43.8 Å². The maximum absolute atomic E-state index is 9.62. The van der Waals surface area contributed by atoms with Crippen LogP contribution in [0.15, 0.2) is 139 Å². The van der Waals surface area contributed by atoms with Crippen LogP contribution in [0.1, 0.15) is 87.2 Å². The maximum Gasteiger partial charge on any atom is 0.0629 e. The van der Waals surface area contributed by atoms with Gasteiger partial charge >= 0.3 is 0 Å². The molecule has 0 saturated heterocycles. The predicted octanol–water partition coefficient (Wildman–Crippen LogP) is 14.0. The molecule has 1 heteroatoms. The topological polar surface area (TPSA) is 3.24 Å². The summed E-state index contributed by atoms with van der Waals surface area (Å²) >= 11 is 0. The molecule has 7 aromatic rings.